The fourth-order valence-electron chi connectivity index (χ4n) is 3.90. The van der Waals surface area contributed by atoms with Gasteiger partial charge in [0.1, 0.15) is 0 Å². The highest BCUT2D eigenvalue weighted by Crippen LogP contribution is 2.45. The Kier molecular flexibility index (Phi) is 3.69. The molecule has 2 heterocycles. The summed E-state index contributed by atoms with van der Waals surface area (Å²) in [5.41, 5.74) is 2.16. The van der Waals surface area contributed by atoms with Gasteiger partial charge in [0, 0.05) is 28.7 Å². The van der Waals surface area contributed by atoms with Crippen molar-refractivity contribution in [1.82, 2.24) is 9.97 Å². The van der Waals surface area contributed by atoms with Crippen LogP contribution in [0.4, 0.5) is 13.2 Å². The average molecular weight is 378 g/mol. The number of aromatic nitrogens is 2. The van der Waals surface area contributed by atoms with Crippen LogP contribution in [-0.2, 0) is 6.18 Å². The van der Waals surface area contributed by atoms with E-state index in [0.29, 0.717) is 22.4 Å². The van der Waals surface area contributed by atoms with Gasteiger partial charge < -0.3 is 0 Å². The highest BCUT2D eigenvalue weighted by atomic mass is 19.4. The van der Waals surface area contributed by atoms with Crippen molar-refractivity contribution in [2.45, 2.75) is 31.9 Å². The molecule has 0 aliphatic heterocycles. The van der Waals surface area contributed by atoms with E-state index in [0.717, 1.165) is 29.4 Å². The number of pyridine rings is 2. The number of halogens is 3. The van der Waals surface area contributed by atoms with Crippen LogP contribution in [0.3, 0.4) is 0 Å². The molecule has 1 aliphatic rings. The number of fused-ring (bicyclic) bond motifs is 2. The van der Waals surface area contributed by atoms with E-state index in [-0.39, 0.29) is 11.1 Å². The third kappa shape index (κ3) is 2.73. The third-order valence-corrected chi connectivity index (χ3v) is 5.49. The molecular weight excluding hydrogens is 361 g/mol. The first-order valence-electron chi connectivity index (χ1n) is 9.28. The lowest BCUT2D eigenvalue weighted by Gasteiger charge is -2.17. The molecule has 2 aromatic carbocycles. The lowest BCUT2D eigenvalue weighted by atomic mass is 9.95. The second-order valence-electron chi connectivity index (χ2n) is 7.43. The molecular formula is C23H17F3N2. The van der Waals surface area contributed by atoms with Crippen molar-refractivity contribution in [3.05, 3.63) is 71.5 Å². The zero-order chi connectivity index (χ0) is 19.5. The van der Waals surface area contributed by atoms with Crippen molar-refractivity contribution in [2.24, 2.45) is 0 Å². The molecule has 1 aliphatic carbocycles. The molecule has 5 heteroatoms. The van der Waals surface area contributed by atoms with E-state index in [1.807, 2.05) is 25.1 Å². The summed E-state index contributed by atoms with van der Waals surface area (Å²) in [7, 11) is 0. The first kappa shape index (κ1) is 17.2. The summed E-state index contributed by atoms with van der Waals surface area (Å²) in [6, 6.07) is 12.6. The van der Waals surface area contributed by atoms with Crippen LogP contribution in [0, 0.1) is 6.92 Å². The number of nitrogens with zero attached hydrogens (tertiary/aromatic N) is 2. The van der Waals surface area contributed by atoms with Crippen molar-refractivity contribution < 1.29 is 13.2 Å². The molecule has 0 bridgehead atoms. The molecule has 0 unspecified atom stereocenters. The average Bonchev–Trinajstić information content (AvgIpc) is 3.52. The van der Waals surface area contributed by atoms with Crippen LogP contribution in [0.1, 0.15) is 35.4 Å². The normalized spacial score (nSPS) is 14.7. The summed E-state index contributed by atoms with van der Waals surface area (Å²) in [6.45, 7) is 1.92. The fraction of sp³-hybridized carbons (Fsp3) is 0.217. The van der Waals surface area contributed by atoms with E-state index < -0.39 is 11.7 Å². The Morgan fingerprint density at radius 1 is 0.964 bits per heavy atom. The van der Waals surface area contributed by atoms with Gasteiger partial charge in [0.25, 0.3) is 0 Å². The fourth-order valence-corrected chi connectivity index (χ4v) is 3.90. The Morgan fingerprint density at radius 2 is 1.79 bits per heavy atom. The Morgan fingerprint density at radius 3 is 2.54 bits per heavy atom. The van der Waals surface area contributed by atoms with Gasteiger partial charge in [-0.25, -0.2) is 0 Å². The van der Waals surface area contributed by atoms with E-state index in [9.17, 15) is 13.2 Å². The first-order valence-corrected chi connectivity index (χ1v) is 9.28. The van der Waals surface area contributed by atoms with Crippen molar-refractivity contribution >= 4 is 21.7 Å². The molecule has 1 fully saturated rings. The van der Waals surface area contributed by atoms with Gasteiger partial charge in [-0.15, -0.1) is 0 Å². The predicted octanol–water partition coefficient (Wildman–Crippen LogP) is 6.65. The van der Waals surface area contributed by atoms with Crippen LogP contribution >= 0.6 is 0 Å². The van der Waals surface area contributed by atoms with Gasteiger partial charge in [-0.05, 0) is 48.3 Å². The number of aryl methyl sites for hydroxylation is 1. The van der Waals surface area contributed by atoms with Crippen molar-refractivity contribution in [2.75, 3.05) is 0 Å². The van der Waals surface area contributed by atoms with Gasteiger partial charge in [-0.2, -0.15) is 13.2 Å². The van der Waals surface area contributed by atoms with Crippen molar-refractivity contribution in [1.29, 1.82) is 0 Å². The smallest absolute Gasteiger partial charge is 0.256 e. The Labute approximate surface area is 160 Å². The topological polar surface area (TPSA) is 25.8 Å². The summed E-state index contributed by atoms with van der Waals surface area (Å²) < 4.78 is 42.7. The molecule has 2 aromatic heterocycles. The van der Waals surface area contributed by atoms with Crippen LogP contribution in [0.5, 0.6) is 0 Å². The molecule has 1 saturated carbocycles. The zero-order valence-corrected chi connectivity index (χ0v) is 15.2. The molecule has 0 amide bonds. The summed E-state index contributed by atoms with van der Waals surface area (Å²) in [6.07, 6.45) is 0.695. The minimum absolute atomic E-state index is 0.0587. The maximum Gasteiger partial charge on any atom is 0.419 e. The van der Waals surface area contributed by atoms with Gasteiger partial charge in [0.05, 0.1) is 16.8 Å². The van der Waals surface area contributed by atoms with Crippen LogP contribution in [0.25, 0.3) is 32.9 Å². The number of alkyl halides is 3. The monoisotopic (exact) mass is 378 g/mol. The molecule has 2 nitrogen and oxygen atoms in total. The van der Waals surface area contributed by atoms with E-state index in [2.05, 4.69) is 9.97 Å². The second-order valence-corrected chi connectivity index (χ2v) is 7.43. The van der Waals surface area contributed by atoms with Crippen LogP contribution in [0.2, 0.25) is 0 Å². The number of rotatable bonds is 2. The number of hydrogen-bond acceptors (Lipinski definition) is 2. The second kappa shape index (κ2) is 6.03. The van der Waals surface area contributed by atoms with Crippen LogP contribution in [0.15, 0.2) is 54.9 Å². The maximum absolute atomic E-state index is 14.2. The quantitative estimate of drug-likeness (QED) is 0.390. The largest absolute Gasteiger partial charge is 0.419 e. The van der Waals surface area contributed by atoms with Gasteiger partial charge >= 0.3 is 6.18 Å². The Balaban J connectivity index is 1.86. The first-order chi connectivity index (χ1) is 13.4. The molecule has 5 rings (SSSR count). The van der Waals surface area contributed by atoms with Crippen molar-refractivity contribution in [3.63, 3.8) is 0 Å². The van der Waals surface area contributed by atoms with E-state index in [1.54, 1.807) is 30.5 Å². The third-order valence-electron chi connectivity index (χ3n) is 5.49. The molecule has 0 saturated heterocycles. The minimum Gasteiger partial charge on any atom is -0.256 e. The summed E-state index contributed by atoms with van der Waals surface area (Å²) in [5.74, 6) is 0.379. The lowest BCUT2D eigenvalue weighted by molar-refractivity contribution is -0.136. The van der Waals surface area contributed by atoms with E-state index >= 15 is 0 Å². The van der Waals surface area contributed by atoms with Crippen LogP contribution < -0.4 is 0 Å². The van der Waals surface area contributed by atoms with Crippen molar-refractivity contribution in [3.8, 4) is 11.3 Å². The molecule has 28 heavy (non-hydrogen) atoms. The summed E-state index contributed by atoms with van der Waals surface area (Å²) in [5, 5.41) is 1.55. The van der Waals surface area contributed by atoms with E-state index in [1.165, 1.54) is 6.20 Å². The van der Waals surface area contributed by atoms with Gasteiger partial charge in [0.15, 0.2) is 0 Å². The molecule has 0 atom stereocenters. The van der Waals surface area contributed by atoms with E-state index in [4.69, 9.17) is 0 Å². The minimum atomic E-state index is -4.52. The highest BCUT2D eigenvalue weighted by Gasteiger charge is 2.37. The van der Waals surface area contributed by atoms with Gasteiger partial charge in [-0.3, -0.25) is 9.97 Å². The standard InChI is InChI=1S/C23H17F3N2/c1-13-4-9-18(21-17(13)3-2-10-27-21)22-20(23(24,25)26)19-11-15(14-5-6-14)7-8-16(19)12-28-22/h2-4,7-12,14H,5-6H2,1H3. The van der Waals surface area contributed by atoms with Gasteiger partial charge in [0.2, 0.25) is 0 Å². The SMILES string of the molecule is Cc1ccc(-c2ncc3ccc(C4CC4)cc3c2C(F)(F)F)c2ncccc12. The molecule has 0 spiro atoms. The number of hydrogen-bond donors (Lipinski definition) is 0. The molecule has 4 aromatic rings. The summed E-state index contributed by atoms with van der Waals surface area (Å²) in [4.78, 5) is 8.62. The Hall–Kier alpha value is -2.95. The predicted molar refractivity (Wildman–Crippen MR) is 104 cm³/mol. The number of benzene rings is 2. The zero-order valence-electron chi connectivity index (χ0n) is 15.2. The lowest BCUT2D eigenvalue weighted by Crippen LogP contribution is -2.10. The van der Waals surface area contributed by atoms with Gasteiger partial charge in [-0.1, -0.05) is 36.4 Å². The molecule has 0 radical (unpaired) electrons. The maximum atomic E-state index is 14.2. The molecule has 140 valence electrons. The molecule has 0 N–H and O–H groups in total. The van der Waals surface area contributed by atoms with Crippen LogP contribution in [-0.4, -0.2) is 9.97 Å². The highest BCUT2D eigenvalue weighted by molar-refractivity contribution is 5.99. The summed E-state index contributed by atoms with van der Waals surface area (Å²) >= 11 is 0. The Bertz CT molecular complexity index is 1220.